The maximum atomic E-state index is 10.8. The van der Waals surface area contributed by atoms with Gasteiger partial charge in [0.25, 0.3) is 0 Å². The van der Waals surface area contributed by atoms with Crippen LogP contribution in [-0.4, -0.2) is 64.2 Å². The molecule has 6 heteroatoms. The summed E-state index contributed by atoms with van der Waals surface area (Å²) in [5, 5.41) is 10.8. The van der Waals surface area contributed by atoms with E-state index in [0.29, 0.717) is 11.5 Å². The summed E-state index contributed by atoms with van der Waals surface area (Å²) in [6.45, 7) is 4.31. The highest BCUT2D eigenvalue weighted by atomic mass is 16.5. The zero-order valence-corrected chi connectivity index (χ0v) is 16.8. The van der Waals surface area contributed by atoms with Crippen LogP contribution in [0.5, 0.6) is 23.0 Å². The highest BCUT2D eigenvalue weighted by Gasteiger charge is 2.25. The Balaban J connectivity index is 1.94. The van der Waals surface area contributed by atoms with Crippen molar-refractivity contribution in [3.05, 3.63) is 47.5 Å². The van der Waals surface area contributed by atoms with Gasteiger partial charge in [-0.3, -0.25) is 4.90 Å². The van der Waals surface area contributed by atoms with Gasteiger partial charge in [0.1, 0.15) is 23.0 Å². The number of aromatic hydroxyl groups is 1. The molecule has 0 radical (unpaired) electrons. The number of hydrogen-bond donors (Lipinski definition) is 1. The van der Waals surface area contributed by atoms with Crippen LogP contribution in [0.3, 0.4) is 0 Å². The number of rotatable bonds is 8. The third-order valence-electron chi connectivity index (χ3n) is 5.25. The van der Waals surface area contributed by atoms with E-state index >= 15 is 0 Å². The first-order valence-corrected chi connectivity index (χ1v) is 9.55. The predicted molar refractivity (Wildman–Crippen MR) is 108 cm³/mol. The maximum absolute atomic E-state index is 10.8. The Labute approximate surface area is 166 Å². The largest absolute Gasteiger partial charge is 0.507 e. The minimum atomic E-state index is -0.0189. The van der Waals surface area contributed by atoms with Crippen LogP contribution in [0.1, 0.15) is 23.5 Å². The number of nitrogens with zero attached hydrogens (tertiary/aromatic N) is 1. The molecule has 1 N–H and O–H groups in total. The topological polar surface area (TPSA) is 60.4 Å². The summed E-state index contributed by atoms with van der Waals surface area (Å²) in [6.07, 6.45) is 0.850. The highest BCUT2D eigenvalue weighted by Crippen LogP contribution is 2.43. The van der Waals surface area contributed by atoms with Crippen molar-refractivity contribution < 1.29 is 24.1 Å². The normalized spacial score (nSPS) is 15.8. The van der Waals surface area contributed by atoms with Crippen molar-refractivity contribution in [2.24, 2.45) is 0 Å². The van der Waals surface area contributed by atoms with E-state index in [4.69, 9.17) is 18.9 Å². The number of phenols is 1. The standard InChI is InChI=1S/C22H29NO5/c1-25-17-6-4-16(5-7-17)19(8-9-23-10-12-28-13-11-23)22-20(24)14-18(26-2)15-21(22)27-3/h4-7,14-15,19,24H,8-13H2,1-3H3/t19-/m1/s1. The molecular formula is C22H29NO5. The fourth-order valence-corrected chi connectivity index (χ4v) is 3.67. The highest BCUT2D eigenvalue weighted by molar-refractivity contribution is 5.54. The van der Waals surface area contributed by atoms with Gasteiger partial charge in [-0.2, -0.15) is 0 Å². The lowest BCUT2D eigenvalue weighted by Crippen LogP contribution is -2.37. The van der Waals surface area contributed by atoms with Gasteiger partial charge in [0.15, 0.2) is 0 Å². The van der Waals surface area contributed by atoms with Crippen molar-refractivity contribution in [3.63, 3.8) is 0 Å². The van der Waals surface area contributed by atoms with Crippen molar-refractivity contribution >= 4 is 0 Å². The Morgan fingerprint density at radius 1 is 0.964 bits per heavy atom. The predicted octanol–water partition coefficient (Wildman–Crippen LogP) is 3.27. The summed E-state index contributed by atoms with van der Waals surface area (Å²) in [6, 6.07) is 11.5. The lowest BCUT2D eigenvalue weighted by Gasteiger charge is -2.29. The Morgan fingerprint density at radius 2 is 1.64 bits per heavy atom. The van der Waals surface area contributed by atoms with Crippen molar-refractivity contribution in [2.45, 2.75) is 12.3 Å². The van der Waals surface area contributed by atoms with Crippen molar-refractivity contribution in [1.82, 2.24) is 4.90 Å². The van der Waals surface area contributed by atoms with Crippen LogP contribution in [0.15, 0.2) is 36.4 Å². The average molecular weight is 387 g/mol. The number of morpholine rings is 1. The summed E-state index contributed by atoms with van der Waals surface area (Å²) >= 11 is 0. The summed E-state index contributed by atoms with van der Waals surface area (Å²) in [7, 11) is 4.85. The fourth-order valence-electron chi connectivity index (χ4n) is 3.67. The van der Waals surface area contributed by atoms with Crippen LogP contribution < -0.4 is 14.2 Å². The zero-order chi connectivity index (χ0) is 19.9. The van der Waals surface area contributed by atoms with Crippen LogP contribution in [0, 0.1) is 0 Å². The van der Waals surface area contributed by atoms with Crippen LogP contribution in [0.25, 0.3) is 0 Å². The van der Waals surface area contributed by atoms with E-state index in [0.717, 1.165) is 56.1 Å². The van der Waals surface area contributed by atoms with Crippen LogP contribution in [0.4, 0.5) is 0 Å². The number of benzene rings is 2. The number of ether oxygens (including phenoxy) is 4. The Morgan fingerprint density at radius 3 is 2.25 bits per heavy atom. The fraction of sp³-hybridized carbons (Fsp3) is 0.455. The summed E-state index contributed by atoms with van der Waals surface area (Å²) in [5.41, 5.74) is 1.88. The lowest BCUT2D eigenvalue weighted by atomic mass is 9.86. The van der Waals surface area contributed by atoms with Crippen LogP contribution >= 0.6 is 0 Å². The van der Waals surface area contributed by atoms with Crippen LogP contribution in [-0.2, 0) is 4.74 Å². The van der Waals surface area contributed by atoms with Gasteiger partial charge < -0.3 is 24.1 Å². The molecular weight excluding hydrogens is 358 g/mol. The molecule has 1 aliphatic heterocycles. The molecule has 0 amide bonds. The first kappa shape index (κ1) is 20.3. The number of hydrogen-bond acceptors (Lipinski definition) is 6. The minimum absolute atomic E-state index is 0.0189. The van der Waals surface area contributed by atoms with E-state index in [1.165, 1.54) is 0 Å². The van der Waals surface area contributed by atoms with E-state index < -0.39 is 0 Å². The summed E-state index contributed by atoms with van der Waals surface area (Å²) in [5.74, 6) is 2.16. The first-order valence-electron chi connectivity index (χ1n) is 9.55. The second-order valence-electron chi connectivity index (χ2n) is 6.83. The van der Waals surface area contributed by atoms with E-state index in [2.05, 4.69) is 4.90 Å². The SMILES string of the molecule is COc1ccc([C@@H](CCN2CCOCC2)c2c(O)cc(OC)cc2OC)cc1. The lowest BCUT2D eigenvalue weighted by molar-refractivity contribution is 0.0369. The third kappa shape index (κ3) is 4.69. The van der Waals surface area contributed by atoms with Gasteiger partial charge in [-0.1, -0.05) is 12.1 Å². The van der Waals surface area contributed by atoms with Crippen molar-refractivity contribution in [1.29, 1.82) is 0 Å². The molecule has 0 unspecified atom stereocenters. The molecule has 1 fully saturated rings. The molecule has 0 aromatic heterocycles. The van der Waals surface area contributed by atoms with Crippen LogP contribution in [0.2, 0.25) is 0 Å². The third-order valence-corrected chi connectivity index (χ3v) is 5.25. The van der Waals surface area contributed by atoms with Crippen molar-refractivity contribution in [2.75, 3.05) is 54.2 Å². The van der Waals surface area contributed by atoms with E-state index in [1.54, 1.807) is 27.4 Å². The van der Waals surface area contributed by atoms with Crippen molar-refractivity contribution in [3.8, 4) is 23.0 Å². The Bertz CT molecular complexity index is 756. The molecule has 6 nitrogen and oxygen atoms in total. The average Bonchev–Trinajstić information content (AvgIpc) is 2.75. The maximum Gasteiger partial charge on any atom is 0.130 e. The first-order chi connectivity index (χ1) is 13.7. The zero-order valence-electron chi connectivity index (χ0n) is 16.8. The van der Waals surface area contributed by atoms with E-state index in [-0.39, 0.29) is 11.7 Å². The number of phenolic OH excluding ortho intramolecular Hbond substituents is 1. The molecule has 28 heavy (non-hydrogen) atoms. The molecule has 0 spiro atoms. The molecule has 1 saturated heterocycles. The molecule has 1 aliphatic rings. The van der Waals surface area contributed by atoms with Gasteiger partial charge in [0, 0.05) is 36.7 Å². The molecule has 2 aromatic rings. The van der Waals surface area contributed by atoms with Gasteiger partial charge >= 0.3 is 0 Å². The molecule has 3 rings (SSSR count). The monoisotopic (exact) mass is 387 g/mol. The molecule has 0 saturated carbocycles. The molecule has 2 aromatic carbocycles. The van der Waals surface area contributed by atoms with Gasteiger partial charge in [0.05, 0.1) is 34.5 Å². The molecule has 0 aliphatic carbocycles. The minimum Gasteiger partial charge on any atom is -0.507 e. The molecule has 152 valence electrons. The van der Waals surface area contributed by atoms with E-state index in [9.17, 15) is 5.11 Å². The second kappa shape index (κ2) is 9.66. The molecule has 1 atom stereocenters. The van der Waals surface area contributed by atoms with Gasteiger partial charge in [-0.05, 0) is 30.7 Å². The number of methoxy groups -OCH3 is 3. The van der Waals surface area contributed by atoms with Gasteiger partial charge in [0.2, 0.25) is 0 Å². The Hall–Kier alpha value is -2.44. The van der Waals surface area contributed by atoms with Gasteiger partial charge in [-0.15, -0.1) is 0 Å². The smallest absolute Gasteiger partial charge is 0.130 e. The summed E-state index contributed by atoms with van der Waals surface area (Å²) in [4.78, 5) is 2.40. The summed E-state index contributed by atoms with van der Waals surface area (Å²) < 4.78 is 21.6. The molecule has 0 bridgehead atoms. The van der Waals surface area contributed by atoms with E-state index in [1.807, 2.05) is 30.3 Å². The second-order valence-corrected chi connectivity index (χ2v) is 6.83. The quantitative estimate of drug-likeness (QED) is 0.750. The Kier molecular flexibility index (Phi) is 7.01. The molecule has 1 heterocycles. The van der Waals surface area contributed by atoms with Gasteiger partial charge in [-0.25, -0.2) is 0 Å².